The summed E-state index contributed by atoms with van der Waals surface area (Å²) in [5, 5.41) is 0. The van der Waals surface area contributed by atoms with Gasteiger partial charge in [-0.15, -0.1) is 0 Å². The molecule has 0 saturated heterocycles. The number of carbonyl (C=O) groups is 1. The first-order chi connectivity index (χ1) is 15.4. The molecule has 2 heterocycles. The first-order valence-corrected chi connectivity index (χ1v) is 11.8. The lowest BCUT2D eigenvalue weighted by Gasteiger charge is -2.23. The number of ether oxygens (including phenoxy) is 2. The van der Waals surface area contributed by atoms with Crippen LogP contribution in [0.3, 0.4) is 0 Å². The summed E-state index contributed by atoms with van der Waals surface area (Å²) in [4.78, 5) is 15.1. The van der Waals surface area contributed by atoms with Gasteiger partial charge in [0.1, 0.15) is 13.2 Å². The van der Waals surface area contributed by atoms with Gasteiger partial charge in [-0.1, -0.05) is 24.3 Å². The first-order valence-electron chi connectivity index (χ1n) is 10.4. The Morgan fingerprint density at radius 3 is 2.59 bits per heavy atom. The smallest absolute Gasteiger partial charge is 0.262 e. The number of benzene rings is 3. The van der Waals surface area contributed by atoms with E-state index in [1.165, 1.54) is 12.1 Å². The number of fused-ring (bicyclic) bond motifs is 2. The minimum atomic E-state index is -3.88. The van der Waals surface area contributed by atoms with Crippen LogP contribution >= 0.6 is 0 Å². The van der Waals surface area contributed by atoms with Gasteiger partial charge < -0.3 is 14.4 Å². The fourth-order valence-corrected chi connectivity index (χ4v) is 5.20. The zero-order valence-electron chi connectivity index (χ0n) is 17.4. The van der Waals surface area contributed by atoms with E-state index >= 15 is 0 Å². The van der Waals surface area contributed by atoms with Crippen molar-refractivity contribution < 1.29 is 22.7 Å². The van der Waals surface area contributed by atoms with Crippen LogP contribution in [0.2, 0.25) is 0 Å². The second-order valence-corrected chi connectivity index (χ2v) is 9.53. The monoisotopic (exact) mass is 450 g/mol. The molecule has 0 unspecified atom stereocenters. The number of nitrogens with one attached hydrogen (secondary N) is 1. The van der Waals surface area contributed by atoms with Crippen molar-refractivity contribution in [2.75, 3.05) is 22.8 Å². The molecule has 2 aliphatic rings. The number of anilines is 2. The van der Waals surface area contributed by atoms with Gasteiger partial charge in [0, 0.05) is 29.0 Å². The lowest BCUT2D eigenvalue weighted by atomic mass is 10.1. The average molecular weight is 451 g/mol. The van der Waals surface area contributed by atoms with Gasteiger partial charge >= 0.3 is 0 Å². The highest BCUT2D eigenvalue weighted by atomic mass is 32.2. The van der Waals surface area contributed by atoms with E-state index in [4.69, 9.17) is 9.47 Å². The first kappa shape index (κ1) is 20.4. The van der Waals surface area contributed by atoms with Crippen LogP contribution < -0.4 is 19.1 Å². The maximum Gasteiger partial charge on any atom is 0.262 e. The molecule has 1 N–H and O–H groups in total. The Labute approximate surface area is 186 Å². The molecule has 0 bridgehead atoms. The third kappa shape index (κ3) is 3.67. The highest BCUT2D eigenvalue weighted by Crippen LogP contribution is 2.34. The van der Waals surface area contributed by atoms with E-state index in [2.05, 4.69) is 4.72 Å². The Morgan fingerprint density at radius 1 is 0.969 bits per heavy atom. The normalized spacial score (nSPS) is 17.0. The molecule has 5 rings (SSSR count). The molecule has 8 heteroatoms. The summed E-state index contributed by atoms with van der Waals surface area (Å²) in [5.74, 6) is 0.746. The Bertz CT molecular complexity index is 1310. The topological polar surface area (TPSA) is 84.9 Å². The maximum atomic E-state index is 13.3. The Balaban J connectivity index is 1.40. The Kier molecular flexibility index (Phi) is 5.01. The van der Waals surface area contributed by atoms with Crippen LogP contribution in [0.5, 0.6) is 11.5 Å². The zero-order valence-corrected chi connectivity index (χ0v) is 18.3. The van der Waals surface area contributed by atoms with Crippen LogP contribution in [-0.4, -0.2) is 33.6 Å². The SMILES string of the molecule is C[C@H]1Cc2ccccc2N1C(=O)c1cccc(NS(=O)(=O)c2ccc3c(c2)OCCO3)c1. The molecule has 1 atom stereocenters. The van der Waals surface area contributed by atoms with Crippen LogP contribution in [0.1, 0.15) is 22.8 Å². The van der Waals surface area contributed by atoms with Crippen molar-refractivity contribution in [2.45, 2.75) is 24.3 Å². The van der Waals surface area contributed by atoms with Gasteiger partial charge in [0.2, 0.25) is 0 Å². The molecule has 1 amide bonds. The zero-order chi connectivity index (χ0) is 22.3. The summed E-state index contributed by atoms with van der Waals surface area (Å²) in [6.45, 7) is 2.80. The van der Waals surface area contributed by atoms with E-state index in [1.807, 2.05) is 31.2 Å². The molecule has 0 fully saturated rings. The van der Waals surface area contributed by atoms with Crippen molar-refractivity contribution in [3.63, 3.8) is 0 Å². The molecule has 3 aromatic rings. The van der Waals surface area contributed by atoms with Gasteiger partial charge in [-0.3, -0.25) is 9.52 Å². The fourth-order valence-electron chi connectivity index (χ4n) is 4.13. The van der Waals surface area contributed by atoms with Gasteiger partial charge in [-0.2, -0.15) is 0 Å². The van der Waals surface area contributed by atoms with Crippen molar-refractivity contribution in [3.8, 4) is 11.5 Å². The molecule has 0 spiro atoms. The van der Waals surface area contributed by atoms with Gasteiger partial charge in [0.15, 0.2) is 11.5 Å². The van der Waals surface area contributed by atoms with Gasteiger partial charge in [-0.05, 0) is 55.3 Å². The molecule has 32 heavy (non-hydrogen) atoms. The molecule has 164 valence electrons. The van der Waals surface area contributed by atoms with Crippen LogP contribution in [0.15, 0.2) is 71.6 Å². The van der Waals surface area contributed by atoms with Crippen molar-refractivity contribution in [1.29, 1.82) is 0 Å². The number of rotatable bonds is 4. The number of para-hydroxylation sites is 1. The fraction of sp³-hybridized carbons (Fsp3) is 0.208. The van der Waals surface area contributed by atoms with Crippen molar-refractivity contribution >= 4 is 27.3 Å². The summed E-state index contributed by atoms with van der Waals surface area (Å²) >= 11 is 0. The van der Waals surface area contributed by atoms with E-state index in [1.54, 1.807) is 35.2 Å². The molecule has 3 aromatic carbocycles. The number of carbonyl (C=O) groups excluding carboxylic acids is 1. The maximum absolute atomic E-state index is 13.3. The summed E-state index contributed by atoms with van der Waals surface area (Å²) < 4.78 is 39.4. The highest BCUT2D eigenvalue weighted by Gasteiger charge is 2.31. The van der Waals surface area contributed by atoms with Gasteiger partial charge in [-0.25, -0.2) is 8.42 Å². The summed E-state index contributed by atoms with van der Waals surface area (Å²) in [5.41, 5.74) is 2.75. The lowest BCUT2D eigenvalue weighted by molar-refractivity contribution is 0.0981. The summed E-state index contributed by atoms with van der Waals surface area (Å²) in [6.07, 6.45) is 0.790. The van der Waals surface area contributed by atoms with E-state index in [9.17, 15) is 13.2 Å². The van der Waals surface area contributed by atoms with Gasteiger partial charge in [0.05, 0.1) is 4.90 Å². The third-order valence-electron chi connectivity index (χ3n) is 5.61. The molecule has 0 saturated carbocycles. The Hall–Kier alpha value is -3.52. The number of amides is 1. The van der Waals surface area contributed by atoms with E-state index in [0.717, 1.165) is 17.7 Å². The van der Waals surface area contributed by atoms with Gasteiger partial charge in [0.25, 0.3) is 15.9 Å². The van der Waals surface area contributed by atoms with E-state index < -0.39 is 10.0 Å². The minimum absolute atomic E-state index is 0.0259. The predicted octanol–water partition coefficient (Wildman–Crippen LogP) is 3.85. The average Bonchev–Trinajstić information content (AvgIpc) is 3.13. The molecular formula is C24H22N2O5S. The van der Waals surface area contributed by atoms with Crippen LogP contribution in [0.25, 0.3) is 0 Å². The van der Waals surface area contributed by atoms with Crippen LogP contribution in [0.4, 0.5) is 11.4 Å². The van der Waals surface area contributed by atoms with E-state index in [0.29, 0.717) is 36.0 Å². The quantitative estimate of drug-likeness (QED) is 0.653. The van der Waals surface area contributed by atoms with E-state index in [-0.39, 0.29) is 16.8 Å². The minimum Gasteiger partial charge on any atom is -0.486 e. The second kappa shape index (κ2) is 7.87. The largest absolute Gasteiger partial charge is 0.486 e. The standard InChI is InChI=1S/C24H22N2O5S/c1-16-13-17-5-2-3-8-21(17)26(16)24(27)18-6-4-7-19(14-18)25-32(28,29)20-9-10-22-23(15-20)31-12-11-30-22/h2-10,14-16,25H,11-13H2,1H3/t16-/m0/s1. The number of nitrogens with zero attached hydrogens (tertiary/aromatic N) is 1. The van der Waals surface area contributed by atoms with Crippen LogP contribution in [-0.2, 0) is 16.4 Å². The highest BCUT2D eigenvalue weighted by molar-refractivity contribution is 7.92. The number of hydrogen-bond acceptors (Lipinski definition) is 5. The van der Waals surface area contributed by atoms with Crippen molar-refractivity contribution in [2.24, 2.45) is 0 Å². The van der Waals surface area contributed by atoms with Crippen molar-refractivity contribution in [3.05, 3.63) is 77.9 Å². The van der Waals surface area contributed by atoms with Crippen molar-refractivity contribution in [1.82, 2.24) is 0 Å². The molecule has 0 aromatic heterocycles. The molecule has 0 radical (unpaired) electrons. The molecule has 2 aliphatic heterocycles. The number of sulfonamides is 1. The predicted molar refractivity (Wildman–Crippen MR) is 121 cm³/mol. The number of hydrogen-bond donors (Lipinski definition) is 1. The Morgan fingerprint density at radius 2 is 1.75 bits per heavy atom. The summed E-state index contributed by atoms with van der Waals surface area (Å²) in [7, 11) is -3.88. The third-order valence-corrected chi connectivity index (χ3v) is 6.99. The summed E-state index contributed by atoms with van der Waals surface area (Å²) in [6, 6.07) is 18.9. The lowest BCUT2D eigenvalue weighted by Crippen LogP contribution is -2.35. The second-order valence-electron chi connectivity index (χ2n) is 7.85. The van der Waals surface area contributed by atoms with Crippen LogP contribution in [0, 0.1) is 0 Å². The molecule has 0 aliphatic carbocycles. The molecular weight excluding hydrogens is 428 g/mol. The molecule has 7 nitrogen and oxygen atoms in total.